The first-order valence-electron chi connectivity index (χ1n) is 26.0. The number of aromatic nitrogens is 4. The van der Waals surface area contributed by atoms with Crippen LogP contribution in [0, 0.1) is 11.7 Å². The van der Waals surface area contributed by atoms with Gasteiger partial charge in [-0.1, -0.05) is 184 Å². The fraction of sp³-hybridized carbons (Fsp3) is 0.226. The number of pyridine rings is 1. The number of benzene rings is 7. The third kappa shape index (κ3) is 8.22. The van der Waals surface area contributed by atoms with E-state index in [1.54, 1.807) is 6.20 Å². The predicted molar refractivity (Wildman–Crippen MR) is 278 cm³/mol. The second-order valence-corrected chi connectivity index (χ2v) is 20.7. The Balaban J connectivity index is 1.14. The van der Waals surface area contributed by atoms with Crippen molar-refractivity contribution in [2.75, 3.05) is 0 Å². The summed E-state index contributed by atoms with van der Waals surface area (Å²) >= 11 is 0. The van der Waals surface area contributed by atoms with E-state index in [-0.39, 0.29) is 33.9 Å². The largest absolute Gasteiger partial charge is 0.458 e. The Hall–Kier alpha value is -7.24. The number of hydrogen-bond donors (Lipinski definition) is 0. The standard InChI is InChI=1S/C62H60N4O/c1-41(60(2,3)4)43-32-33-63-58(36-43)66-54-27-15-14-24-52(54)53-31-30-49(39-57(53)66)67-48-23-18-22-47(38-48)64-40-65(56-29-17-16-28-55(56)64)59-50(42-20-12-11-13-21-42)25-19-26-51(59)44-34-45(61(5,6)7)37-46(35-44)62(8,9)10/h11-39,41H,1-10H3/i11D,12D,13D,20D,21D,41D. The van der Waals surface area contributed by atoms with Crippen LogP contribution in [0.5, 0.6) is 11.5 Å². The Morgan fingerprint density at radius 1 is 0.612 bits per heavy atom. The van der Waals surface area contributed by atoms with Crippen molar-refractivity contribution >= 4 is 32.8 Å². The van der Waals surface area contributed by atoms with Crippen molar-refractivity contribution in [1.29, 1.82) is 0 Å². The molecule has 334 valence electrons. The van der Waals surface area contributed by atoms with E-state index < -0.39 is 24.0 Å². The van der Waals surface area contributed by atoms with E-state index in [0.717, 1.165) is 72.2 Å². The lowest BCUT2D eigenvalue weighted by Crippen LogP contribution is -2.31. The van der Waals surface area contributed by atoms with Gasteiger partial charge in [-0.2, -0.15) is 0 Å². The third-order valence-corrected chi connectivity index (χ3v) is 13.1. The average molecular weight is 883 g/mol. The molecule has 0 fully saturated rings. The van der Waals surface area contributed by atoms with Crippen LogP contribution in [-0.4, -0.2) is 14.1 Å². The zero-order chi connectivity index (χ0) is 52.1. The van der Waals surface area contributed by atoms with E-state index in [4.69, 9.17) is 13.8 Å². The fourth-order valence-corrected chi connectivity index (χ4v) is 8.96. The zero-order valence-electron chi connectivity index (χ0n) is 46.1. The van der Waals surface area contributed by atoms with Gasteiger partial charge in [0, 0.05) is 24.4 Å². The van der Waals surface area contributed by atoms with E-state index in [2.05, 4.69) is 110 Å². The summed E-state index contributed by atoms with van der Waals surface area (Å²) in [6, 6.07) is 44.9. The second-order valence-electron chi connectivity index (χ2n) is 20.7. The van der Waals surface area contributed by atoms with E-state index in [9.17, 15) is 4.11 Å². The van der Waals surface area contributed by atoms with Gasteiger partial charge in [-0.25, -0.2) is 4.98 Å². The van der Waals surface area contributed by atoms with Crippen LogP contribution in [0.3, 0.4) is 0 Å². The Kier molecular flexibility index (Phi) is 9.13. The van der Waals surface area contributed by atoms with Crippen molar-refractivity contribution in [3.8, 4) is 50.9 Å². The number of para-hydroxylation sites is 4. The van der Waals surface area contributed by atoms with E-state index >= 15 is 0 Å². The van der Waals surface area contributed by atoms with Gasteiger partial charge in [0.25, 0.3) is 6.33 Å². The van der Waals surface area contributed by atoms with Crippen LogP contribution < -0.4 is 9.30 Å². The minimum Gasteiger partial charge on any atom is -0.458 e. The highest BCUT2D eigenvalue weighted by Crippen LogP contribution is 2.41. The molecule has 3 heterocycles. The highest BCUT2D eigenvalue weighted by molar-refractivity contribution is 6.09. The Morgan fingerprint density at radius 3 is 1.97 bits per heavy atom. The molecule has 5 heteroatoms. The van der Waals surface area contributed by atoms with Crippen LogP contribution in [0.2, 0.25) is 0 Å². The Morgan fingerprint density at radius 2 is 1.25 bits per heavy atom. The van der Waals surface area contributed by atoms with Crippen LogP contribution in [0.1, 0.15) is 100 Å². The van der Waals surface area contributed by atoms with Gasteiger partial charge in [-0.15, -0.1) is 0 Å². The monoisotopic (exact) mass is 883 g/mol. The molecule has 0 aliphatic carbocycles. The van der Waals surface area contributed by atoms with Gasteiger partial charge in [0.2, 0.25) is 0 Å². The minimum absolute atomic E-state index is 0.110. The maximum absolute atomic E-state index is 9.38. The topological polar surface area (TPSA) is 35.9 Å². The molecule has 0 amide bonds. The molecule has 1 unspecified atom stereocenters. The summed E-state index contributed by atoms with van der Waals surface area (Å²) in [5.41, 5.74) is 9.79. The second kappa shape index (κ2) is 16.6. The number of hydrogen-bond acceptors (Lipinski definition) is 2. The molecule has 0 saturated carbocycles. The highest BCUT2D eigenvalue weighted by Gasteiger charge is 2.26. The molecule has 0 aliphatic rings. The van der Waals surface area contributed by atoms with Crippen molar-refractivity contribution in [2.45, 2.75) is 86.0 Å². The molecule has 0 bridgehead atoms. The summed E-state index contributed by atoms with van der Waals surface area (Å²) in [5.74, 6) is 1.09. The van der Waals surface area contributed by atoms with Crippen LogP contribution in [-0.2, 0) is 10.8 Å². The van der Waals surface area contributed by atoms with Gasteiger partial charge < -0.3 is 4.74 Å². The van der Waals surface area contributed by atoms with Gasteiger partial charge in [-0.05, 0) is 110 Å². The van der Waals surface area contributed by atoms with E-state index in [1.807, 2.05) is 119 Å². The summed E-state index contributed by atoms with van der Waals surface area (Å²) in [6.45, 7) is 21.5. The molecule has 10 aromatic rings. The minimum atomic E-state index is -0.866. The SMILES string of the molecule is [2H]c1c([2H])c([2H])c(-c2cccc(-c3cc(C(C)(C)C)cc(C(C)(C)C)c3)c2-[n+]2[c-]n(-c3cccc(Oc4ccc5c6ccccc6n(-c6cc(C([2H])(C)C(C)(C)C)ccn6)c5c4)c3)c3ccccc32)c([2H])c1[2H]. The van der Waals surface area contributed by atoms with Crippen LogP contribution >= 0.6 is 0 Å². The maximum atomic E-state index is 9.38. The first-order valence-corrected chi connectivity index (χ1v) is 23.0. The quantitative estimate of drug-likeness (QED) is 0.113. The molecule has 0 radical (unpaired) electrons. The summed E-state index contributed by atoms with van der Waals surface area (Å²) < 4.78 is 66.6. The van der Waals surface area contributed by atoms with Gasteiger partial charge in [0.05, 0.1) is 40.3 Å². The van der Waals surface area contributed by atoms with Crippen molar-refractivity contribution in [2.24, 2.45) is 5.41 Å². The van der Waals surface area contributed by atoms with Crippen molar-refractivity contribution in [1.82, 2.24) is 14.1 Å². The Labute approximate surface area is 404 Å². The normalized spacial score (nSPS) is 14.6. The van der Waals surface area contributed by atoms with Crippen molar-refractivity contribution in [3.63, 3.8) is 0 Å². The van der Waals surface area contributed by atoms with Gasteiger partial charge in [-0.3, -0.25) is 13.7 Å². The fourth-order valence-electron chi connectivity index (χ4n) is 8.96. The average Bonchev–Trinajstić information content (AvgIpc) is 3.90. The summed E-state index contributed by atoms with van der Waals surface area (Å²) in [5, 5.41) is 2.13. The van der Waals surface area contributed by atoms with E-state index in [0.29, 0.717) is 22.7 Å². The van der Waals surface area contributed by atoms with Gasteiger partial charge in [0.15, 0.2) is 0 Å². The highest BCUT2D eigenvalue weighted by atomic mass is 16.5. The van der Waals surface area contributed by atoms with Gasteiger partial charge in [0.1, 0.15) is 17.3 Å². The van der Waals surface area contributed by atoms with Crippen LogP contribution in [0.25, 0.3) is 72.3 Å². The molecule has 5 nitrogen and oxygen atoms in total. The third-order valence-electron chi connectivity index (χ3n) is 13.1. The maximum Gasteiger partial charge on any atom is 0.269 e. The molecule has 10 rings (SSSR count). The summed E-state index contributed by atoms with van der Waals surface area (Å²) in [7, 11) is 0. The summed E-state index contributed by atoms with van der Waals surface area (Å²) in [6.07, 6.45) is 5.49. The number of nitrogens with zero attached hydrogens (tertiary/aromatic N) is 4. The van der Waals surface area contributed by atoms with Gasteiger partial charge >= 0.3 is 0 Å². The first kappa shape index (κ1) is 36.9. The molecule has 0 spiro atoms. The smallest absolute Gasteiger partial charge is 0.269 e. The van der Waals surface area contributed by atoms with E-state index in [1.165, 1.54) is 0 Å². The summed E-state index contributed by atoms with van der Waals surface area (Å²) in [4.78, 5) is 4.86. The lowest BCUT2D eigenvalue weighted by atomic mass is 9.78. The molecule has 1 atom stereocenters. The molecular weight excluding hydrogens is 817 g/mol. The van der Waals surface area contributed by atoms with Crippen LogP contribution in [0.4, 0.5) is 0 Å². The number of fused-ring (bicyclic) bond motifs is 4. The zero-order valence-corrected chi connectivity index (χ0v) is 40.1. The molecule has 67 heavy (non-hydrogen) atoms. The van der Waals surface area contributed by atoms with Crippen molar-refractivity contribution in [3.05, 3.63) is 199 Å². The molecule has 3 aromatic heterocycles. The molecule has 0 N–H and O–H groups in total. The lowest BCUT2D eigenvalue weighted by Gasteiger charge is -2.27. The molecular formula is C62H60N4O. The van der Waals surface area contributed by atoms with Crippen molar-refractivity contribution < 1.29 is 17.5 Å². The molecule has 0 aliphatic heterocycles. The number of imidazole rings is 1. The molecule has 7 aromatic carbocycles. The predicted octanol–water partition coefficient (Wildman–Crippen LogP) is 16.1. The lowest BCUT2D eigenvalue weighted by molar-refractivity contribution is -0.571. The first-order chi connectivity index (χ1) is 34.4. The number of rotatable bonds is 8. The number of ether oxygens (including phenoxy) is 1. The Bertz CT molecular complexity index is 3770. The molecule has 0 saturated heterocycles. The van der Waals surface area contributed by atoms with Crippen LogP contribution in [0.15, 0.2) is 176 Å².